The highest BCUT2D eigenvalue weighted by molar-refractivity contribution is 5.93. The van der Waals surface area contributed by atoms with Crippen LogP contribution >= 0.6 is 0 Å². The summed E-state index contributed by atoms with van der Waals surface area (Å²) < 4.78 is 44.4. The Morgan fingerprint density at radius 1 is 0.315 bits per heavy atom. The summed E-state index contributed by atoms with van der Waals surface area (Å²) in [6.07, 6.45) is 7.62. The molecule has 2 aliphatic rings. The largest absolute Gasteiger partial charge is 0.497 e. The maximum absolute atomic E-state index is 11.3. The molecule has 768 valence electrons. The van der Waals surface area contributed by atoms with E-state index in [1.165, 1.54) is 153 Å². The van der Waals surface area contributed by atoms with E-state index in [2.05, 4.69) is 427 Å². The van der Waals surface area contributed by atoms with Crippen LogP contribution in [0.4, 0.5) is 5.69 Å². The van der Waals surface area contributed by atoms with Gasteiger partial charge in [-0.25, -0.2) is 0 Å². The van der Waals surface area contributed by atoms with Crippen molar-refractivity contribution in [3.63, 3.8) is 0 Å². The van der Waals surface area contributed by atoms with Gasteiger partial charge in [0, 0.05) is 73.7 Å². The van der Waals surface area contributed by atoms with Gasteiger partial charge in [0.05, 0.1) is 45.1 Å². The maximum atomic E-state index is 11.3. The number of methoxy groups -OCH3 is 4. The lowest BCUT2D eigenvalue weighted by Gasteiger charge is -2.18. The summed E-state index contributed by atoms with van der Waals surface area (Å²) in [7, 11) is 6.88. The highest BCUT2D eigenvalue weighted by Gasteiger charge is 2.31. The van der Waals surface area contributed by atoms with E-state index in [1.807, 2.05) is 54.7 Å². The third kappa shape index (κ3) is 38.9. The maximum Gasteiger partial charge on any atom is 0.359 e. The van der Waals surface area contributed by atoms with Gasteiger partial charge in [0.15, 0.2) is 59.3 Å². The quantitative estimate of drug-likeness (QED) is 0.0247. The molecule has 9 nitrogen and oxygen atoms in total. The van der Waals surface area contributed by atoms with Crippen LogP contribution in [0.3, 0.4) is 0 Å². The van der Waals surface area contributed by atoms with E-state index in [1.54, 1.807) is 65.8 Å². The number of para-hydroxylation sites is 1. The molecule has 149 heavy (non-hydrogen) atoms. The summed E-state index contributed by atoms with van der Waals surface area (Å²) in [6, 6.07) is 127. The van der Waals surface area contributed by atoms with Gasteiger partial charge in [-0.15, -0.1) is 0 Å². The molecule has 0 bridgehead atoms. The summed E-state index contributed by atoms with van der Waals surface area (Å²) >= 11 is -0.957. The number of Topliss-reactive ketones (excluding diaryl/α,β-unsaturated/α-hetero) is 1. The van der Waals surface area contributed by atoms with Gasteiger partial charge in [0.1, 0.15) is 23.0 Å². The van der Waals surface area contributed by atoms with Crippen molar-refractivity contribution in [1.82, 2.24) is 4.98 Å². The van der Waals surface area contributed by atoms with Crippen LogP contribution in [0, 0.1) is 136 Å². The number of nitrogens with zero attached hydrogens (tertiary/aromatic N) is 2. The molecule has 2 aliphatic carbocycles. The molecule has 0 spiro atoms. The van der Waals surface area contributed by atoms with Crippen molar-refractivity contribution in [3.05, 3.63) is 520 Å². The molecule has 17 aromatic rings. The number of aromatic nitrogens is 1. The Kier molecular flexibility index (Phi) is 46.9. The predicted molar refractivity (Wildman–Crippen MR) is 583 cm³/mol. The first-order chi connectivity index (χ1) is 71.4. The van der Waals surface area contributed by atoms with Gasteiger partial charge in [-0.05, 0) is 358 Å². The highest BCUT2D eigenvalue weighted by atomic mass is 127. The molecule has 2 saturated carbocycles. The van der Waals surface area contributed by atoms with Crippen LogP contribution in [0.25, 0.3) is 10.9 Å². The number of aryl methyl sites for hydroxylation is 10. The molecule has 2 fully saturated rings. The summed E-state index contributed by atoms with van der Waals surface area (Å²) in [5, 5.41) is 11.7. The van der Waals surface area contributed by atoms with Crippen molar-refractivity contribution in [3.8, 4) is 23.0 Å². The van der Waals surface area contributed by atoms with E-state index >= 15 is 0 Å². The number of hydrogen-bond acceptors (Lipinski definition) is 8. The SMILES string of the molecule is COc1cc(C)c([I+]c2ccc(C(C)(C)C)cc2)c(C)c1.COc1cc(C)c([I+]c2ccc(C(C)=O)cc2)c(C)c1.COc1cc(C)c([I+]c2ccc(C(C)C)cc2)c(C)c1.COc1cc(C)c([I+]c2ccc(C)cc2)c(C)c1.Cc1ccc([I+]c2ccc(C(C)(C)C)cc2)cc1.O=[N+]([O-])c1ccc([I+]c2ccccc2)cc1.c1cc(C2CC2)ccc1[I+]c1ccc(C2CC2)cc1.c1ccc([I+]c2cnc3ccccc3c2)cc1. The topological polar surface area (TPSA) is 110 Å². The number of carbonyl (C=O) groups is 1. The Labute approximate surface area is 971 Å². The molecule has 0 aliphatic heterocycles. The van der Waals surface area contributed by atoms with Crippen molar-refractivity contribution in [2.75, 3.05) is 28.4 Å². The summed E-state index contributed by atoms with van der Waals surface area (Å²) in [6.45, 7) is 41.3. The van der Waals surface area contributed by atoms with Crippen LogP contribution in [0.1, 0.15) is 200 Å². The Balaban J connectivity index is 0.000000151. The molecule has 1 heterocycles. The number of non-ortho nitro benzene ring substituents is 1. The van der Waals surface area contributed by atoms with E-state index in [9.17, 15) is 14.9 Å². The van der Waals surface area contributed by atoms with Gasteiger partial charge < -0.3 is 18.9 Å². The van der Waals surface area contributed by atoms with Gasteiger partial charge in [-0.3, -0.25) is 19.9 Å². The summed E-state index contributed by atoms with van der Waals surface area (Å²) in [4.78, 5) is 25.9. The Bertz CT molecular complexity index is 7010. The number of hydrogen-bond donors (Lipinski definition) is 0. The average Bonchev–Trinajstić information content (AvgIpc) is 1.77. The third-order valence-electron chi connectivity index (χ3n) is 24.4. The summed E-state index contributed by atoms with van der Waals surface area (Å²) in [5.74, 6) is 6.28. The van der Waals surface area contributed by atoms with E-state index in [4.69, 9.17) is 18.9 Å². The molecule has 0 unspecified atom stereocenters. The normalized spacial score (nSPS) is 11.8. The number of nitro benzene ring substituents is 1. The van der Waals surface area contributed by atoms with Crippen molar-refractivity contribution in [2.24, 2.45) is 0 Å². The minimum atomic E-state index is -0.370. The second-order valence-corrected chi connectivity index (χ2v) is 62.8. The van der Waals surface area contributed by atoms with Gasteiger partial charge >= 0.3 is 170 Å². The standard InChI is InChI=1S/C19H24IO.C18H22IO.C18H18I.C17H18IO2.C17H20I.C16H18IO.C15H11IN.C12H9INO2/c1-13-11-17(21-6)12-14(2)18(13)20-16-9-7-15(8-10-16)19(3,4)5;1-12(2)15-6-8-16(9-7-15)19-18-13(3)10-17(20-5)11-14(18)4;1-2-13(1)15-5-9-17(10-6-15)19-18-11-7-16(8-12-18)14-3-4-14;1-11-9-16(20-4)10-12(2)17(11)18-15-7-5-14(6-8-15)13(3)19;1-13-5-9-15(10-6-13)18-16-11-7-14(8-12-16)17(2,3)4;1-11-5-7-14(8-6-11)17-16-12(2)9-15(18-4)10-13(16)3;1-2-7-13(8-3-1)16-14-10-12-6-4-5-9-15(12)17-11-14;15-14(16)12-8-6-11(7-9-12)13-10-4-2-1-3-5-10/h7-12H,1-6H3;6-12H,1-5H3;5-14H,1-4H2;5-10H,1-4H3;5-12H,1-4H3;5-10H,1-4H3;1-11H;1-9H/q8*+1. The molecule has 1 aromatic heterocycles. The average molecular weight is 2880 g/mol. The van der Waals surface area contributed by atoms with Gasteiger partial charge in [0.2, 0.25) is 3.57 Å². The smallest absolute Gasteiger partial charge is 0.359 e. The van der Waals surface area contributed by atoms with Crippen molar-refractivity contribution >= 4 is 22.4 Å². The van der Waals surface area contributed by atoms with Crippen LogP contribution in [-0.2, 0) is 10.8 Å². The number of ether oxygens (including phenoxy) is 4. The van der Waals surface area contributed by atoms with Crippen LogP contribution in [0.5, 0.6) is 23.0 Å². The van der Waals surface area contributed by atoms with Crippen molar-refractivity contribution in [1.29, 1.82) is 0 Å². The molecule has 0 N–H and O–H groups in total. The zero-order valence-corrected chi connectivity index (χ0v) is 107. The zero-order valence-electron chi connectivity index (χ0n) is 90.0. The molecule has 0 saturated heterocycles. The zero-order chi connectivity index (χ0) is 107. The number of nitro groups is 1. The Morgan fingerprint density at radius 2 is 0.570 bits per heavy atom. The first kappa shape index (κ1) is 119. The monoisotopic (exact) mass is 2880 g/mol. The molecule has 0 radical (unpaired) electrons. The van der Waals surface area contributed by atoms with Crippen LogP contribution in [0.15, 0.2) is 364 Å². The van der Waals surface area contributed by atoms with Crippen molar-refractivity contribution < 1.29 is 198 Å². The van der Waals surface area contributed by atoms with E-state index in [-0.39, 0.29) is 197 Å². The third-order valence-corrected chi connectivity index (χ3v) is 49.3. The molecule has 0 atom stereocenters. The molecule has 16 aromatic carbocycles. The number of halogens is 8. The lowest BCUT2D eigenvalue weighted by Crippen LogP contribution is -3.62. The number of fused-ring (bicyclic) bond motifs is 1. The summed E-state index contributed by atoms with van der Waals surface area (Å²) in [5.41, 5.74) is 23.1. The van der Waals surface area contributed by atoms with Crippen LogP contribution < -0.4 is 189 Å². The predicted octanol–water partition coefficient (Wildman–Crippen LogP) is 7.77. The number of carbonyl (C=O) groups excluding carboxylic acids is 1. The molecule has 19 rings (SSSR count). The number of benzene rings is 16. The Morgan fingerprint density at radius 3 is 0.852 bits per heavy atom. The minimum Gasteiger partial charge on any atom is -0.497 e. The fourth-order valence-corrected chi connectivity index (χ4v) is 34.4. The van der Waals surface area contributed by atoms with E-state index < -0.39 is 0 Å². The second kappa shape index (κ2) is 58.9. The lowest BCUT2D eigenvalue weighted by atomic mass is 9.87. The molecular weight excluding hydrogens is 2740 g/mol. The fraction of sp³-hybridized carbons (Fsp3) is 0.242. The first-order valence-corrected chi connectivity index (χ1v) is 67.4. The molecule has 0 amide bonds. The number of rotatable bonds is 25. The van der Waals surface area contributed by atoms with Crippen molar-refractivity contribution in [2.45, 2.75) is 186 Å². The highest BCUT2D eigenvalue weighted by Crippen LogP contribution is 2.41. The van der Waals surface area contributed by atoms with Gasteiger partial charge in [0.25, 0.3) is 5.69 Å². The molecular formula is C132H140I8N2O7+8. The fourth-order valence-electron chi connectivity index (χ4n) is 15.6. The Hall–Kier alpha value is -8.96. The lowest BCUT2D eigenvalue weighted by molar-refractivity contribution is -0.599. The van der Waals surface area contributed by atoms with Crippen LogP contribution in [-0.4, -0.2) is 44.1 Å². The first-order valence-electron chi connectivity index (χ1n) is 50.2. The number of ketones is 1. The van der Waals surface area contributed by atoms with E-state index in [0.717, 1.165) is 45.9 Å². The molecule has 17 heteroatoms. The van der Waals surface area contributed by atoms with Gasteiger partial charge in [-0.2, -0.15) is 0 Å². The van der Waals surface area contributed by atoms with Gasteiger partial charge in [-0.1, -0.05) is 206 Å². The number of pyridine rings is 1. The second-order valence-electron chi connectivity index (χ2n) is 39.3. The minimum absolute atomic E-state index is 0.00425. The van der Waals surface area contributed by atoms with Crippen LogP contribution in [0.2, 0.25) is 0 Å². The van der Waals surface area contributed by atoms with E-state index in [0.29, 0.717) is 5.92 Å².